The van der Waals surface area contributed by atoms with Gasteiger partial charge in [0.1, 0.15) is 18.1 Å². The highest BCUT2D eigenvalue weighted by atomic mass is 35.5. The molecule has 0 heterocycles. The molecule has 0 aliphatic rings. The molecule has 0 aliphatic heterocycles. The number of benzene rings is 4. The van der Waals surface area contributed by atoms with Crippen molar-refractivity contribution in [2.24, 2.45) is 5.73 Å². The van der Waals surface area contributed by atoms with Crippen molar-refractivity contribution in [2.45, 2.75) is 51.7 Å². The Balaban J connectivity index is 0. The summed E-state index contributed by atoms with van der Waals surface area (Å²) < 4.78 is 42.5. The number of carbonyl (C=O) groups is 3. The highest BCUT2D eigenvalue weighted by Gasteiger charge is 2.25. The molecule has 2 amide bonds. The van der Waals surface area contributed by atoms with Gasteiger partial charge in [-0.25, -0.2) is 8.42 Å². The molecule has 4 aromatic rings. The van der Waals surface area contributed by atoms with Crippen molar-refractivity contribution in [3.8, 4) is 11.5 Å². The lowest BCUT2D eigenvalue weighted by molar-refractivity contribution is -0.191. The van der Waals surface area contributed by atoms with Crippen molar-refractivity contribution in [3.05, 3.63) is 124 Å². The van der Waals surface area contributed by atoms with Gasteiger partial charge >= 0.3 is 6.15 Å². The molecular formula is C43H59Cl2N5O10S. The van der Waals surface area contributed by atoms with Crippen molar-refractivity contribution >= 4 is 59.3 Å². The van der Waals surface area contributed by atoms with Gasteiger partial charge in [0.05, 0.1) is 18.6 Å². The lowest BCUT2D eigenvalue weighted by Crippen LogP contribution is -2.33. The zero-order valence-electron chi connectivity index (χ0n) is 35.9. The number of methoxy groups -OCH3 is 1. The Morgan fingerprint density at radius 3 is 1.67 bits per heavy atom. The van der Waals surface area contributed by atoms with Crippen LogP contribution in [-0.2, 0) is 60.0 Å². The number of likely N-dealkylation sites (N-methyl/N-ethyl adjacent to an activating group) is 2. The Morgan fingerprint density at radius 1 is 0.787 bits per heavy atom. The van der Waals surface area contributed by atoms with E-state index in [0.717, 1.165) is 30.6 Å². The third-order valence-electron chi connectivity index (χ3n) is 8.50. The molecule has 18 heteroatoms. The van der Waals surface area contributed by atoms with Crippen LogP contribution in [0.25, 0.3) is 0 Å². The SMILES string of the molecule is CCc1ccc(CNC)cc1.CNCc1ccc(OC=O)cc1.COc1cc(C)c(S(=O)(=O)N(C)CCOCC(=O)N(C)Cc2ccc(C(N)=O)cc2)c(C)c1.Cl.Cl.O=C=O. The summed E-state index contributed by atoms with van der Waals surface area (Å²) in [7, 11) is 4.78. The number of sulfonamides is 1. The number of carbonyl (C=O) groups excluding carboxylic acids is 5. The van der Waals surface area contributed by atoms with Crippen LogP contribution in [-0.4, -0.2) is 97.1 Å². The summed E-state index contributed by atoms with van der Waals surface area (Å²) >= 11 is 0. The predicted octanol–water partition coefficient (Wildman–Crippen LogP) is 4.88. The van der Waals surface area contributed by atoms with Crippen LogP contribution >= 0.6 is 24.8 Å². The fraction of sp³-hybridized carbons (Fsp3) is 0.349. The summed E-state index contributed by atoms with van der Waals surface area (Å²) in [5.41, 5.74) is 11.6. The number of nitrogens with two attached hydrogens (primary N) is 1. The first-order chi connectivity index (χ1) is 28.1. The molecule has 0 aromatic heterocycles. The van der Waals surface area contributed by atoms with Crippen LogP contribution in [0.5, 0.6) is 11.5 Å². The van der Waals surface area contributed by atoms with Gasteiger partial charge < -0.3 is 35.5 Å². The van der Waals surface area contributed by atoms with Crippen molar-refractivity contribution in [3.63, 3.8) is 0 Å². The van der Waals surface area contributed by atoms with Gasteiger partial charge in [0.15, 0.2) is 0 Å². The molecule has 0 radical (unpaired) electrons. The molecule has 4 aromatic carbocycles. The Kier molecular flexibility index (Phi) is 30.1. The maximum atomic E-state index is 13.0. The molecule has 61 heavy (non-hydrogen) atoms. The molecule has 336 valence electrons. The number of aryl methyl sites for hydroxylation is 3. The number of hydrogen-bond donors (Lipinski definition) is 3. The summed E-state index contributed by atoms with van der Waals surface area (Å²) in [4.78, 5) is 51.4. The normalized spacial score (nSPS) is 9.98. The lowest BCUT2D eigenvalue weighted by Gasteiger charge is -2.21. The molecule has 0 bridgehead atoms. The fourth-order valence-electron chi connectivity index (χ4n) is 5.35. The van der Waals surface area contributed by atoms with Gasteiger partial charge in [-0.15, -0.1) is 24.8 Å². The van der Waals surface area contributed by atoms with Crippen molar-refractivity contribution < 1.29 is 46.6 Å². The first kappa shape index (κ1) is 57.9. The maximum absolute atomic E-state index is 13.0. The van der Waals surface area contributed by atoms with Crippen LogP contribution in [0.15, 0.2) is 89.8 Å². The second-order valence-corrected chi connectivity index (χ2v) is 14.9. The van der Waals surface area contributed by atoms with E-state index in [0.29, 0.717) is 41.2 Å². The molecule has 4 rings (SSSR count). The number of nitrogens with one attached hydrogen (secondary N) is 2. The minimum absolute atomic E-state index is 0. The number of rotatable bonds is 18. The third kappa shape index (κ3) is 21.3. The van der Waals surface area contributed by atoms with E-state index < -0.39 is 15.9 Å². The molecule has 0 fully saturated rings. The van der Waals surface area contributed by atoms with Crippen LogP contribution in [0.2, 0.25) is 0 Å². The molecule has 0 saturated carbocycles. The molecule has 0 saturated heterocycles. The third-order valence-corrected chi connectivity index (χ3v) is 10.7. The van der Waals surface area contributed by atoms with E-state index in [-0.39, 0.29) is 61.5 Å². The summed E-state index contributed by atoms with van der Waals surface area (Å²) in [5.74, 6) is 0.413. The molecular weight excluding hydrogens is 849 g/mol. The molecule has 0 spiro atoms. The largest absolute Gasteiger partial charge is 0.497 e. The Labute approximate surface area is 372 Å². The summed E-state index contributed by atoms with van der Waals surface area (Å²) in [6, 6.07) is 26.1. The number of primary amides is 1. The van der Waals surface area contributed by atoms with Crippen molar-refractivity contribution in [1.29, 1.82) is 0 Å². The number of ether oxygens (including phenoxy) is 3. The fourth-order valence-corrected chi connectivity index (χ4v) is 6.91. The Hall–Kier alpha value is -5.16. The number of halogens is 2. The number of nitrogens with zero attached hydrogens (tertiary/aromatic N) is 2. The van der Waals surface area contributed by atoms with Gasteiger partial charge in [0.25, 0.3) is 6.47 Å². The average Bonchev–Trinajstić information content (AvgIpc) is 3.21. The second-order valence-electron chi connectivity index (χ2n) is 13.0. The van der Waals surface area contributed by atoms with Crippen LogP contribution < -0.4 is 25.8 Å². The van der Waals surface area contributed by atoms with Gasteiger partial charge in [-0.2, -0.15) is 13.9 Å². The summed E-state index contributed by atoms with van der Waals surface area (Å²) in [5, 5.41) is 6.15. The van der Waals surface area contributed by atoms with E-state index in [1.54, 1.807) is 69.4 Å². The minimum atomic E-state index is -3.72. The number of hydrogen-bond acceptors (Lipinski definition) is 12. The zero-order chi connectivity index (χ0) is 44.4. The first-order valence-corrected chi connectivity index (χ1v) is 19.9. The minimum Gasteiger partial charge on any atom is -0.497 e. The molecule has 0 unspecified atom stereocenters. The van der Waals surface area contributed by atoms with E-state index in [1.807, 2.05) is 26.2 Å². The van der Waals surface area contributed by atoms with E-state index in [1.165, 1.54) is 34.5 Å². The van der Waals surface area contributed by atoms with E-state index in [9.17, 15) is 22.8 Å². The Bertz CT molecular complexity index is 2010. The van der Waals surface area contributed by atoms with Gasteiger partial charge in [-0.3, -0.25) is 14.4 Å². The smallest absolute Gasteiger partial charge is 0.373 e. The molecule has 15 nitrogen and oxygen atoms in total. The molecule has 0 atom stereocenters. The number of amides is 2. The van der Waals surface area contributed by atoms with E-state index in [4.69, 9.17) is 24.8 Å². The van der Waals surface area contributed by atoms with Crippen molar-refractivity contribution in [1.82, 2.24) is 19.8 Å². The van der Waals surface area contributed by atoms with Crippen LogP contribution in [0, 0.1) is 13.8 Å². The van der Waals surface area contributed by atoms with Gasteiger partial charge in [-0.05, 0) is 104 Å². The van der Waals surface area contributed by atoms with Crippen molar-refractivity contribution in [2.75, 3.05) is 55.1 Å². The van der Waals surface area contributed by atoms with E-state index >= 15 is 0 Å². The zero-order valence-corrected chi connectivity index (χ0v) is 38.3. The molecule has 0 aliphatic carbocycles. The van der Waals surface area contributed by atoms with Crippen LogP contribution in [0.3, 0.4) is 0 Å². The van der Waals surface area contributed by atoms with Crippen LogP contribution in [0.1, 0.15) is 50.7 Å². The monoisotopic (exact) mass is 907 g/mol. The topological polar surface area (TPSA) is 204 Å². The standard InChI is InChI=1S/C23H31N3O6S.C10H15N.C9H11NO2.CO2.2ClH/c1-16-12-20(31-5)13-17(2)22(16)33(29,30)26(4)10-11-32-15-21(27)25(3)14-18-6-8-19(9-7-18)23(24)28;1-3-9-4-6-10(7-5-9)8-11-2;1-10-6-8-2-4-9(5-3-8)12-7-11;2-1-3;;/h6-9,12-13H,10-11,14-15H2,1-5H3,(H2,24,28);4-7,11H,3,8H2,1-2H3;2-5,7,10H,6H2,1H3;;2*1H. The maximum Gasteiger partial charge on any atom is 0.373 e. The Morgan fingerprint density at radius 2 is 1.25 bits per heavy atom. The average molecular weight is 909 g/mol. The van der Waals surface area contributed by atoms with Gasteiger partial charge in [0.2, 0.25) is 21.8 Å². The van der Waals surface area contributed by atoms with Crippen LogP contribution in [0.4, 0.5) is 0 Å². The van der Waals surface area contributed by atoms with Gasteiger partial charge in [-0.1, -0.05) is 55.5 Å². The summed E-state index contributed by atoms with van der Waals surface area (Å²) in [6.07, 6.45) is 1.37. The first-order valence-electron chi connectivity index (χ1n) is 18.5. The quantitative estimate of drug-likeness (QED) is 0.0904. The second kappa shape index (κ2) is 31.7. The van der Waals surface area contributed by atoms with E-state index in [2.05, 4.69) is 46.6 Å². The van der Waals surface area contributed by atoms with Gasteiger partial charge in [0, 0.05) is 45.8 Å². The highest BCUT2D eigenvalue weighted by Crippen LogP contribution is 2.27. The predicted molar refractivity (Wildman–Crippen MR) is 239 cm³/mol. The summed E-state index contributed by atoms with van der Waals surface area (Å²) in [6.45, 7) is 8.16. The lowest BCUT2D eigenvalue weighted by atomic mass is 10.1. The molecule has 4 N–H and O–H groups in total. The highest BCUT2D eigenvalue weighted by molar-refractivity contribution is 7.89.